The number of aromatic nitrogens is 4. The molecular weight excluding hydrogens is 458 g/mol. The molecule has 0 bridgehead atoms. The van der Waals surface area contributed by atoms with E-state index in [0.29, 0.717) is 61.0 Å². The third kappa shape index (κ3) is 5.65. The molecule has 0 spiro atoms. The number of hydrogen-bond acceptors (Lipinski definition) is 7. The fourth-order valence-electron chi connectivity index (χ4n) is 3.68. The topological polar surface area (TPSA) is 128 Å². The van der Waals surface area contributed by atoms with Gasteiger partial charge in [-0.15, -0.1) is 5.10 Å². The lowest BCUT2D eigenvalue weighted by Crippen LogP contribution is -2.33. The molecule has 1 aromatic carbocycles. The SMILES string of the molecule is CCCc1nc(C)c2c(=O)[nH]c(-c3cc(S(=O)(=O)NC(C)CCOCC)ccc3OCC)nn12. The minimum absolute atomic E-state index is 0.0487. The van der Waals surface area contributed by atoms with Gasteiger partial charge in [0.15, 0.2) is 11.3 Å². The highest BCUT2D eigenvalue weighted by atomic mass is 32.2. The van der Waals surface area contributed by atoms with Crippen LogP contribution < -0.4 is 15.0 Å². The van der Waals surface area contributed by atoms with Gasteiger partial charge in [-0.1, -0.05) is 6.92 Å². The standard InChI is InChI=1S/C23H33N5O5S/c1-6-9-20-24-16(5)21-23(29)25-22(26-28(20)21)18-14-17(10-11-19(18)33-8-3)34(30,31)27-15(4)12-13-32-7-2/h10-11,14-15,27H,6-9,12-13H2,1-5H3,(H,25,26,29). The van der Waals surface area contributed by atoms with Crippen LogP contribution in [0.15, 0.2) is 27.9 Å². The van der Waals surface area contributed by atoms with Crippen LogP contribution in [-0.2, 0) is 21.2 Å². The maximum Gasteiger partial charge on any atom is 0.277 e. The van der Waals surface area contributed by atoms with E-state index in [4.69, 9.17) is 9.47 Å². The van der Waals surface area contributed by atoms with Gasteiger partial charge in [0.2, 0.25) is 10.0 Å². The molecule has 2 heterocycles. The summed E-state index contributed by atoms with van der Waals surface area (Å²) in [4.78, 5) is 20.2. The van der Waals surface area contributed by atoms with Crippen molar-refractivity contribution >= 4 is 15.5 Å². The van der Waals surface area contributed by atoms with Crippen LogP contribution in [0.25, 0.3) is 16.9 Å². The van der Waals surface area contributed by atoms with E-state index in [9.17, 15) is 13.2 Å². The van der Waals surface area contributed by atoms with Crippen LogP contribution in [0.2, 0.25) is 0 Å². The fraction of sp³-hybridized carbons (Fsp3) is 0.522. The van der Waals surface area contributed by atoms with E-state index in [1.165, 1.54) is 16.6 Å². The van der Waals surface area contributed by atoms with E-state index in [-0.39, 0.29) is 22.3 Å². The summed E-state index contributed by atoms with van der Waals surface area (Å²) in [7, 11) is -3.82. The second kappa shape index (κ2) is 11.1. The summed E-state index contributed by atoms with van der Waals surface area (Å²) >= 11 is 0. The molecule has 3 rings (SSSR count). The molecule has 0 radical (unpaired) electrons. The van der Waals surface area contributed by atoms with Crippen LogP contribution in [0, 0.1) is 6.92 Å². The van der Waals surface area contributed by atoms with Crippen molar-refractivity contribution in [1.29, 1.82) is 0 Å². The van der Waals surface area contributed by atoms with Crippen molar-refractivity contribution in [3.63, 3.8) is 0 Å². The second-order valence-electron chi connectivity index (χ2n) is 8.03. The van der Waals surface area contributed by atoms with E-state index in [2.05, 4.69) is 19.8 Å². The number of H-pyrrole nitrogens is 1. The first-order valence-electron chi connectivity index (χ1n) is 11.6. The molecule has 0 saturated carbocycles. The Balaban J connectivity index is 2.07. The van der Waals surface area contributed by atoms with Crippen molar-refractivity contribution < 1.29 is 17.9 Å². The van der Waals surface area contributed by atoms with Gasteiger partial charge in [-0.05, 0) is 58.7 Å². The molecule has 0 amide bonds. The van der Waals surface area contributed by atoms with Crippen LogP contribution in [0.3, 0.4) is 0 Å². The number of nitrogens with zero attached hydrogens (tertiary/aromatic N) is 3. The van der Waals surface area contributed by atoms with Crippen LogP contribution in [0.1, 0.15) is 52.1 Å². The number of nitrogens with one attached hydrogen (secondary N) is 2. The summed E-state index contributed by atoms with van der Waals surface area (Å²) < 4.78 is 41.4. The highest BCUT2D eigenvalue weighted by Gasteiger charge is 2.22. The van der Waals surface area contributed by atoms with Crippen molar-refractivity contribution in [3.8, 4) is 17.1 Å². The average molecular weight is 492 g/mol. The van der Waals surface area contributed by atoms with Crippen molar-refractivity contribution in [3.05, 3.63) is 40.1 Å². The molecule has 0 fully saturated rings. The summed E-state index contributed by atoms with van der Waals surface area (Å²) in [5.74, 6) is 1.30. The summed E-state index contributed by atoms with van der Waals surface area (Å²) in [6, 6.07) is 4.21. The first kappa shape index (κ1) is 25.9. The van der Waals surface area contributed by atoms with Gasteiger partial charge < -0.3 is 14.5 Å². The molecule has 3 aromatic rings. The Morgan fingerprint density at radius 3 is 2.65 bits per heavy atom. The molecule has 10 nitrogen and oxygen atoms in total. The number of benzene rings is 1. The predicted octanol–water partition coefficient (Wildman–Crippen LogP) is 2.84. The van der Waals surface area contributed by atoms with Gasteiger partial charge in [0, 0.05) is 25.7 Å². The predicted molar refractivity (Wildman–Crippen MR) is 130 cm³/mol. The van der Waals surface area contributed by atoms with E-state index < -0.39 is 10.0 Å². The van der Waals surface area contributed by atoms with Crippen molar-refractivity contribution in [1.82, 2.24) is 24.3 Å². The molecule has 11 heteroatoms. The Hall–Kier alpha value is -2.76. The third-order valence-electron chi connectivity index (χ3n) is 5.29. The largest absolute Gasteiger partial charge is 0.493 e. The zero-order valence-electron chi connectivity index (χ0n) is 20.3. The minimum Gasteiger partial charge on any atom is -0.493 e. The highest BCUT2D eigenvalue weighted by molar-refractivity contribution is 7.89. The maximum atomic E-state index is 13.0. The lowest BCUT2D eigenvalue weighted by atomic mass is 10.2. The van der Waals surface area contributed by atoms with Crippen LogP contribution in [0.5, 0.6) is 5.75 Å². The zero-order chi connectivity index (χ0) is 24.9. The van der Waals surface area contributed by atoms with Crippen molar-refractivity contribution in [2.45, 2.75) is 64.8 Å². The van der Waals surface area contributed by atoms with Crippen molar-refractivity contribution in [2.75, 3.05) is 19.8 Å². The normalized spacial score (nSPS) is 12.9. The number of aromatic amines is 1. The Bertz CT molecular complexity index is 1300. The Morgan fingerprint density at radius 1 is 1.21 bits per heavy atom. The monoisotopic (exact) mass is 491 g/mol. The molecule has 1 atom stereocenters. The third-order valence-corrected chi connectivity index (χ3v) is 6.88. The molecule has 0 aliphatic rings. The lowest BCUT2D eigenvalue weighted by molar-refractivity contribution is 0.140. The average Bonchev–Trinajstić information content (AvgIpc) is 3.10. The smallest absolute Gasteiger partial charge is 0.277 e. The van der Waals surface area contributed by atoms with Crippen LogP contribution in [0.4, 0.5) is 0 Å². The van der Waals surface area contributed by atoms with Gasteiger partial charge in [-0.2, -0.15) is 0 Å². The summed E-state index contributed by atoms with van der Waals surface area (Å²) in [5, 5.41) is 4.61. The van der Waals surface area contributed by atoms with Gasteiger partial charge in [-0.3, -0.25) is 4.79 Å². The number of sulfonamides is 1. The van der Waals surface area contributed by atoms with Crippen molar-refractivity contribution in [2.24, 2.45) is 0 Å². The quantitative estimate of drug-likeness (QED) is 0.373. The van der Waals surface area contributed by atoms with Gasteiger partial charge in [0.1, 0.15) is 11.6 Å². The molecule has 0 aliphatic heterocycles. The first-order valence-corrected chi connectivity index (χ1v) is 13.1. The van der Waals surface area contributed by atoms with E-state index in [1.54, 1.807) is 19.9 Å². The lowest BCUT2D eigenvalue weighted by Gasteiger charge is -2.16. The molecule has 2 N–H and O–H groups in total. The first-order chi connectivity index (χ1) is 16.2. The molecule has 0 aliphatic carbocycles. The molecule has 1 unspecified atom stereocenters. The second-order valence-corrected chi connectivity index (χ2v) is 9.74. The Kier molecular flexibility index (Phi) is 8.45. The van der Waals surface area contributed by atoms with Gasteiger partial charge in [-0.25, -0.2) is 22.6 Å². The van der Waals surface area contributed by atoms with Crippen LogP contribution in [-0.4, -0.2) is 53.9 Å². The molecular formula is C23H33N5O5S. The number of hydrogen-bond donors (Lipinski definition) is 2. The van der Waals surface area contributed by atoms with E-state index >= 15 is 0 Å². The zero-order valence-corrected chi connectivity index (χ0v) is 21.2. The van der Waals surface area contributed by atoms with E-state index in [0.717, 1.165) is 6.42 Å². The summed E-state index contributed by atoms with van der Waals surface area (Å²) in [5.41, 5.74) is 0.990. The van der Waals surface area contributed by atoms with E-state index in [1.807, 2.05) is 20.8 Å². The van der Waals surface area contributed by atoms with Gasteiger partial charge in [0.05, 0.1) is 22.8 Å². The minimum atomic E-state index is -3.82. The number of ether oxygens (including phenoxy) is 2. The molecule has 186 valence electrons. The number of fused-ring (bicyclic) bond motifs is 1. The Labute approximate surface area is 199 Å². The highest BCUT2D eigenvalue weighted by Crippen LogP contribution is 2.30. The summed E-state index contributed by atoms with van der Waals surface area (Å²) in [6.45, 7) is 10.7. The van der Waals surface area contributed by atoms with Gasteiger partial charge in [0.25, 0.3) is 5.56 Å². The molecule has 34 heavy (non-hydrogen) atoms. The summed E-state index contributed by atoms with van der Waals surface area (Å²) in [6.07, 6.45) is 2.04. The fourth-order valence-corrected chi connectivity index (χ4v) is 4.99. The Morgan fingerprint density at radius 2 is 1.97 bits per heavy atom. The van der Waals surface area contributed by atoms with Crippen LogP contribution >= 0.6 is 0 Å². The maximum absolute atomic E-state index is 13.0. The number of aryl methyl sites for hydroxylation is 2. The molecule has 2 aromatic heterocycles. The molecule has 0 saturated heterocycles. The van der Waals surface area contributed by atoms with Gasteiger partial charge >= 0.3 is 0 Å². The number of imidazole rings is 1. The number of rotatable bonds is 12.